The fraction of sp³-hybridized carbons (Fsp3) is 0.200. The second-order valence-corrected chi connectivity index (χ2v) is 4.43. The zero-order valence-electron chi connectivity index (χ0n) is 9.91. The van der Waals surface area contributed by atoms with Gasteiger partial charge in [0.2, 0.25) is 5.95 Å². The number of carbonyl (C=O) groups is 1. The van der Waals surface area contributed by atoms with E-state index in [4.69, 9.17) is 5.73 Å². The average Bonchev–Trinajstić information content (AvgIpc) is 2.87. The molecule has 2 amide bonds. The fourth-order valence-corrected chi connectivity index (χ4v) is 2.10. The molecule has 7 nitrogen and oxygen atoms in total. The number of urea groups is 1. The number of amides is 2. The molecule has 3 N–H and O–H groups in total. The number of carbonyl (C=O) groups excluding carboxylic acids is 1. The third kappa shape index (κ3) is 2.38. The topological polar surface area (TPSA) is 97.0 Å². The molecule has 0 saturated heterocycles. The highest BCUT2D eigenvalue weighted by Gasteiger charge is 2.13. The zero-order chi connectivity index (χ0) is 13.1. The van der Waals surface area contributed by atoms with Crippen molar-refractivity contribution in [3.8, 4) is 10.6 Å². The van der Waals surface area contributed by atoms with Gasteiger partial charge < -0.3 is 11.1 Å². The molecule has 0 aliphatic rings. The number of nitrogens with one attached hydrogen (secondary N) is 1. The standard InChI is InChI=1S/C10H12N6OS/c1-12-9-13-4-3-6(15-9)7-5-14-10(18-7)16(2)8(11)17/h3-5H,1-2H3,(H2,11,17)(H,12,13,15). The van der Waals surface area contributed by atoms with Crippen LogP contribution in [0.15, 0.2) is 18.5 Å². The summed E-state index contributed by atoms with van der Waals surface area (Å²) in [5.41, 5.74) is 5.93. The summed E-state index contributed by atoms with van der Waals surface area (Å²) < 4.78 is 0. The van der Waals surface area contributed by atoms with Crippen molar-refractivity contribution < 1.29 is 4.79 Å². The first-order valence-electron chi connectivity index (χ1n) is 5.12. The molecule has 8 heteroatoms. The van der Waals surface area contributed by atoms with E-state index in [2.05, 4.69) is 20.3 Å². The minimum absolute atomic E-state index is 0.530. The van der Waals surface area contributed by atoms with Crippen LogP contribution in [0.1, 0.15) is 0 Å². The monoisotopic (exact) mass is 264 g/mol. The van der Waals surface area contributed by atoms with Crippen molar-refractivity contribution in [2.75, 3.05) is 24.3 Å². The van der Waals surface area contributed by atoms with Crippen LogP contribution in [0.2, 0.25) is 0 Å². The minimum atomic E-state index is -0.547. The SMILES string of the molecule is CNc1nccc(-c2cnc(N(C)C(N)=O)s2)n1. The van der Waals surface area contributed by atoms with E-state index in [1.54, 1.807) is 32.6 Å². The van der Waals surface area contributed by atoms with Gasteiger partial charge in [0.25, 0.3) is 0 Å². The molecule has 2 aromatic rings. The van der Waals surface area contributed by atoms with Gasteiger partial charge in [-0.15, -0.1) is 0 Å². The van der Waals surface area contributed by atoms with Crippen LogP contribution in [-0.2, 0) is 0 Å². The average molecular weight is 264 g/mol. The lowest BCUT2D eigenvalue weighted by molar-refractivity contribution is 0.255. The number of anilines is 2. The lowest BCUT2D eigenvalue weighted by Crippen LogP contribution is -2.31. The molecule has 18 heavy (non-hydrogen) atoms. The van der Waals surface area contributed by atoms with E-state index < -0.39 is 6.03 Å². The zero-order valence-corrected chi connectivity index (χ0v) is 10.7. The number of primary amides is 1. The summed E-state index contributed by atoms with van der Waals surface area (Å²) in [6.07, 6.45) is 3.31. The number of hydrogen-bond acceptors (Lipinski definition) is 6. The van der Waals surface area contributed by atoms with E-state index in [0.29, 0.717) is 11.1 Å². The highest BCUT2D eigenvalue weighted by atomic mass is 32.1. The Hall–Kier alpha value is -2.22. The van der Waals surface area contributed by atoms with Crippen LogP contribution in [0, 0.1) is 0 Å². The first-order chi connectivity index (χ1) is 8.61. The van der Waals surface area contributed by atoms with Gasteiger partial charge in [-0.3, -0.25) is 4.90 Å². The van der Waals surface area contributed by atoms with Gasteiger partial charge in [-0.1, -0.05) is 11.3 Å². The highest BCUT2D eigenvalue weighted by molar-refractivity contribution is 7.19. The summed E-state index contributed by atoms with van der Waals surface area (Å²) >= 11 is 1.34. The molecule has 0 radical (unpaired) electrons. The summed E-state index contributed by atoms with van der Waals surface area (Å²) in [7, 11) is 3.32. The molecule has 2 aromatic heterocycles. The third-order valence-electron chi connectivity index (χ3n) is 2.24. The predicted molar refractivity (Wildman–Crippen MR) is 70.7 cm³/mol. The van der Waals surface area contributed by atoms with Gasteiger partial charge in [0.1, 0.15) is 0 Å². The van der Waals surface area contributed by atoms with Crippen molar-refractivity contribution in [2.45, 2.75) is 0 Å². The number of aromatic nitrogens is 3. The Morgan fingerprint density at radius 2 is 2.28 bits per heavy atom. The quantitative estimate of drug-likeness (QED) is 0.867. The van der Waals surface area contributed by atoms with Gasteiger partial charge in [0.05, 0.1) is 10.6 Å². The molecule has 2 rings (SSSR count). The second-order valence-electron chi connectivity index (χ2n) is 3.42. The number of nitrogens with zero attached hydrogens (tertiary/aromatic N) is 4. The van der Waals surface area contributed by atoms with Gasteiger partial charge in [-0.25, -0.2) is 19.7 Å². The Bertz CT molecular complexity index is 569. The maximum atomic E-state index is 11.0. The molecule has 0 bridgehead atoms. The van der Waals surface area contributed by atoms with Gasteiger partial charge in [0.15, 0.2) is 5.13 Å². The van der Waals surface area contributed by atoms with E-state index >= 15 is 0 Å². The highest BCUT2D eigenvalue weighted by Crippen LogP contribution is 2.29. The predicted octanol–water partition coefficient (Wildman–Crippen LogP) is 1.16. The van der Waals surface area contributed by atoms with Crippen molar-refractivity contribution >= 4 is 28.4 Å². The number of hydrogen-bond donors (Lipinski definition) is 2. The summed E-state index contributed by atoms with van der Waals surface area (Å²) in [4.78, 5) is 25.6. The molecule has 0 aromatic carbocycles. The molecule has 0 saturated carbocycles. The minimum Gasteiger partial charge on any atom is -0.357 e. The van der Waals surface area contributed by atoms with Crippen LogP contribution in [0.3, 0.4) is 0 Å². The summed E-state index contributed by atoms with van der Waals surface area (Å²) in [6.45, 7) is 0. The van der Waals surface area contributed by atoms with Crippen LogP contribution >= 0.6 is 11.3 Å². The Labute approximate surface area is 108 Å². The Balaban J connectivity index is 2.31. The van der Waals surface area contributed by atoms with Crippen LogP contribution in [0.5, 0.6) is 0 Å². The normalized spacial score (nSPS) is 10.1. The van der Waals surface area contributed by atoms with Crippen LogP contribution in [0.4, 0.5) is 15.9 Å². The molecule has 2 heterocycles. The van der Waals surface area contributed by atoms with Crippen molar-refractivity contribution in [1.82, 2.24) is 15.0 Å². The number of thiazole rings is 1. The number of rotatable bonds is 3. The largest absolute Gasteiger partial charge is 0.357 e. The first-order valence-corrected chi connectivity index (χ1v) is 5.93. The smallest absolute Gasteiger partial charge is 0.320 e. The molecule has 0 fully saturated rings. The van der Waals surface area contributed by atoms with Crippen LogP contribution in [0.25, 0.3) is 10.6 Å². The van der Waals surface area contributed by atoms with E-state index in [1.807, 2.05) is 0 Å². The Morgan fingerprint density at radius 1 is 1.50 bits per heavy atom. The van der Waals surface area contributed by atoms with Gasteiger partial charge in [0, 0.05) is 26.5 Å². The molecule has 0 unspecified atom stereocenters. The summed E-state index contributed by atoms with van der Waals surface area (Å²) in [6, 6.07) is 1.23. The van der Waals surface area contributed by atoms with Gasteiger partial charge in [-0.2, -0.15) is 0 Å². The molecule has 94 valence electrons. The van der Waals surface area contributed by atoms with Crippen LogP contribution in [-0.4, -0.2) is 35.1 Å². The maximum Gasteiger partial charge on any atom is 0.320 e. The van der Waals surface area contributed by atoms with Crippen molar-refractivity contribution in [2.24, 2.45) is 5.73 Å². The second kappa shape index (κ2) is 4.96. The summed E-state index contributed by atoms with van der Waals surface area (Å²) in [5.74, 6) is 0.533. The molecular formula is C10H12N6OS. The molecule has 0 spiro atoms. The molecule has 0 aliphatic heterocycles. The van der Waals surface area contributed by atoms with Crippen molar-refractivity contribution in [3.63, 3.8) is 0 Å². The summed E-state index contributed by atoms with van der Waals surface area (Å²) in [5, 5.41) is 3.39. The Morgan fingerprint density at radius 3 is 2.94 bits per heavy atom. The van der Waals surface area contributed by atoms with Crippen molar-refractivity contribution in [1.29, 1.82) is 0 Å². The number of nitrogens with two attached hydrogens (primary N) is 1. The Kier molecular flexibility index (Phi) is 3.38. The van der Waals surface area contributed by atoms with Crippen molar-refractivity contribution in [3.05, 3.63) is 18.5 Å². The molecule has 0 aliphatic carbocycles. The van der Waals surface area contributed by atoms with E-state index in [-0.39, 0.29) is 0 Å². The lowest BCUT2D eigenvalue weighted by Gasteiger charge is -2.08. The van der Waals surface area contributed by atoms with E-state index in [0.717, 1.165) is 10.6 Å². The third-order valence-corrected chi connectivity index (χ3v) is 3.34. The molecular weight excluding hydrogens is 252 g/mol. The fourth-order valence-electron chi connectivity index (χ4n) is 1.25. The van der Waals surface area contributed by atoms with E-state index in [1.165, 1.54) is 16.2 Å². The molecule has 0 atom stereocenters. The maximum absolute atomic E-state index is 11.0. The van der Waals surface area contributed by atoms with Gasteiger partial charge in [-0.05, 0) is 6.07 Å². The lowest BCUT2D eigenvalue weighted by atomic mass is 10.4. The van der Waals surface area contributed by atoms with Crippen LogP contribution < -0.4 is 16.0 Å². The van der Waals surface area contributed by atoms with E-state index in [9.17, 15) is 4.79 Å². The van der Waals surface area contributed by atoms with Gasteiger partial charge >= 0.3 is 6.03 Å². The first kappa shape index (κ1) is 12.2.